The van der Waals surface area contributed by atoms with E-state index in [2.05, 4.69) is 5.16 Å². The number of aromatic nitrogens is 1. The quantitative estimate of drug-likeness (QED) is 0.877. The highest BCUT2D eigenvalue weighted by atomic mass is 16.5. The Morgan fingerprint density at radius 2 is 2.44 bits per heavy atom. The smallest absolute Gasteiger partial charge is 0.229 e. The van der Waals surface area contributed by atoms with Gasteiger partial charge in [0.25, 0.3) is 0 Å². The van der Waals surface area contributed by atoms with Gasteiger partial charge in [-0.25, -0.2) is 0 Å². The molecule has 0 saturated carbocycles. The maximum absolute atomic E-state index is 12.3. The van der Waals surface area contributed by atoms with E-state index < -0.39 is 0 Å². The Kier molecular flexibility index (Phi) is 4.01. The predicted molar refractivity (Wildman–Crippen MR) is 67.9 cm³/mol. The summed E-state index contributed by atoms with van der Waals surface area (Å²) in [4.78, 5) is 14.2. The molecule has 1 aliphatic rings. The van der Waals surface area contributed by atoms with E-state index in [1.54, 1.807) is 0 Å². The number of rotatable bonds is 3. The minimum atomic E-state index is 0.0216. The molecule has 1 aromatic rings. The fraction of sp³-hybridized carbons (Fsp3) is 0.692. The molecule has 2 heterocycles. The van der Waals surface area contributed by atoms with Crippen LogP contribution >= 0.6 is 0 Å². The normalized spacial score (nSPS) is 21.9. The maximum atomic E-state index is 12.3. The van der Waals surface area contributed by atoms with E-state index in [0.717, 1.165) is 31.6 Å². The largest absolute Gasteiger partial charge is 0.361 e. The fourth-order valence-corrected chi connectivity index (χ4v) is 2.57. The van der Waals surface area contributed by atoms with Crippen LogP contribution in [0.3, 0.4) is 0 Å². The van der Waals surface area contributed by atoms with Crippen LogP contribution in [0, 0.1) is 6.92 Å². The average Bonchev–Trinajstić information content (AvgIpc) is 2.74. The standard InChI is InChI=1S/C13H21N3O2/c1-9-7-11(15-18-9)8-13(17)16-6-4-3-5-12(16)10(2)14/h7,10,12H,3-6,8,14H2,1-2H3/t10-,12-/m1/s1. The molecule has 1 fully saturated rings. The van der Waals surface area contributed by atoms with E-state index in [1.165, 1.54) is 0 Å². The molecule has 2 atom stereocenters. The summed E-state index contributed by atoms with van der Waals surface area (Å²) in [7, 11) is 0. The van der Waals surface area contributed by atoms with E-state index in [-0.39, 0.29) is 18.0 Å². The summed E-state index contributed by atoms with van der Waals surface area (Å²) >= 11 is 0. The summed E-state index contributed by atoms with van der Waals surface area (Å²) in [5, 5.41) is 3.87. The average molecular weight is 251 g/mol. The van der Waals surface area contributed by atoms with Gasteiger partial charge in [0, 0.05) is 24.7 Å². The van der Waals surface area contributed by atoms with Crippen molar-refractivity contribution >= 4 is 5.91 Å². The van der Waals surface area contributed by atoms with Crippen molar-refractivity contribution < 1.29 is 9.32 Å². The molecule has 2 rings (SSSR count). The minimum Gasteiger partial charge on any atom is -0.361 e. The SMILES string of the molecule is Cc1cc(CC(=O)N2CCCC[C@@H]2[C@@H](C)N)no1. The molecule has 1 amide bonds. The van der Waals surface area contributed by atoms with Gasteiger partial charge in [-0.15, -0.1) is 0 Å². The van der Waals surface area contributed by atoms with Crippen LogP contribution in [0.25, 0.3) is 0 Å². The Morgan fingerprint density at radius 3 is 3.06 bits per heavy atom. The summed E-state index contributed by atoms with van der Waals surface area (Å²) in [6.45, 7) is 4.60. The van der Waals surface area contributed by atoms with Gasteiger partial charge in [0.1, 0.15) is 5.76 Å². The van der Waals surface area contributed by atoms with Gasteiger partial charge >= 0.3 is 0 Å². The van der Waals surface area contributed by atoms with Crippen LogP contribution in [0.4, 0.5) is 0 Å². The van der Waals surface area contributed by atoms with Crippen LogP contribution in [0.1, 0.15) is 37.6 Å². The van der Waals surface area contributed by atoms with Crippen molar-refractivity contribution in [3.05, 3.63) is 17.5 Å². The van der Waals surface area contributed by atoms with E-state index in [1.807, 2.05) is 24.8 Å². The molecule has 5 nitrogen and oxygen atoms in total. The number of piperidine rings is 1. The summed E-state index contributed by atoms with van der Waals surface area (Å²) in [5.74, 6) is 0.838. The van der Waals surface area contributed by atoms with Crippen LogP contribution < -0.4 is 5.73 Å². The van der Waals surface area contributed by atoms with Crippen LogP contribution in [-0.4, -0.2) is 34.6 Å². The topological polar surface area (TPSA) is 72.4 Å². The molecule has 1 aromatic heterocycles. The molecule has 0 aliphatic carbocycles. The third-order valence-corrected chi connectivity index (χ3v) is 3.49. The van der Waals surface area contributed by atoms with Gasteiger partial charge in [0.05, 0.1) is 12.1 Å². The molecule has 1 aliphatic heterocycles. The zero-order valence-electron chi connectivity index (χ0n) is 11.1. The second-order valence-electron chi connectivity index (χ2n) is 5.12. The number of hydrogen-bond acceptors (Lipinski definition) is 4. The van der Waals surface area contributed by atoms with Gasteiger partial charge in [-0.3, -0.25) is 4.79 Å². The number of nitrogens with two attached hydrogens (primary N) is 1. The Bertz CT molecular complexity index is 414. The van der Waals surface area contributed by atoms with Gasteiger partial charge in [-0.05, 0) is 33.1 Å². The Balaban J connectivity index is 2.02. The second-order valence-corrected chi connectivity index (χ2v) is 5.12. The second kappa shape index (κ2) is 5.52. The van der Waals surface area contributed by atoms with Gasteiger partial charge in [-0.1, -0.05) is 5.16 Å². The zero-order chi connectivity index (χ0) is 13.1. The van der Waals surface area contributed by atoms with Gasteiger partial charge in [0.15, 0.2) is 0 Å². The first-order chi connectivity index (χ1) is 8.58. The lowest BCUT2D eigenvalue weighted by atomic mass is 9.96. The lowest BCUT2D eigenvalue weighted by Crippen LogP contribution is -2.52. The highest BCUT2D eigenvalue weighted by Gasteiger charge is 2.29. The number of carbonyl (C=O) groups excluding carboxylic acids is 1. The molecule has 5 heteroatoms. The number of hydrogen-bond donors (Lipinski definition) is 1. The number of aryl methyl sites for hydroxylation is 1. The highest BCUT2D eigenvalue weighted by molar-refractivity contribution is 5.78. The third-order valence-electron chi connectivity index (χ3n) is 3.49. The maximum Gasteiger partial charge on any atom is 0.229 e. The van der Waals surface area contributed by atoms with Crippen LogP contribution in [0.5, 0.6) is 0 Å². The van der Waals surface area contributed by atoms with Crippen molar-refractivity contribution in [2.45, 2.75) is 51.6 Å². The Morgan fingerprint density at radius 1 is 1.67 bits per heavy atom. The highest BCUT2D eigenvalue weighted by Crippen LogP contribution is 2.20. The molecule has 0 spiro atoms. The monoisotopic (exact) mass is 251 g/mol. The molecule has 0 bridgehead atoms. The van der Waals surface area contributed by atoms with Crippen molar-refractivity contribution in [3.8, 4) is 0 Å². The van der Waals surface area contributed by atoms with E-state index in [4.69, 9.17) is 10.3 Å². The molecule has 0 unspecified atom stereocenters. The van der Waals surface area contributed by atoms with Crippen LogP contribution in [-0.2, 0) is 11.2 Å². The molecular weight excluding hydrogens is 230 g/mol. The van der Waals surface area contributed by atoms with Crippen molar-refractivity contribution in [3.63, 3.8) is 0 Å². The Hall–Kier alpha value is -1.36. The van der Waals surface area contributed by atoms with Crippen molar-refractivity contribution in [1.29, 1.82) is 0 Å². The lowest BCUT2D eigenvalue weighted by Gasteiger charge is -2.38. The fourth-order valence-electron chi connectivity index (χ4n) is 2.57. The van der Waals surface area contributed by atoms with Crippen molar-refractivity contribution in [2.24, 2.45) is 5.73 Å². The molecule has 0 radical (unpaired) electrons. The molecule has 100 valence electrons. The number of amides is 1. The first-order valence-corrected chi connectivity index (χ1v) is 6.55. The van der Waals surface area contributed by atoms with Crippen molar-refractivity contribution in [2.75, 3.05) is 6.54 Å². The molecule has 0 aromatic carbocycles. The lowest BCUT2D eigenvalue weighted by molar-refractivity contribution is -0.134. The molecular formula is C13H21N3O2. The first kappa shape index (κ1) is 13.1. The summed E-state index contributed by atoms with van der Waals surface area (Å²) in [6, 6.07) is 2.00. The van der Waals surface area contributed by atoms with Crippen molar-refractivity contribution in [1.82, 2.24) is 10.1 Å². The minimum absolute atomic E-state index is 0.0216. The van der Waals surface area contributed by atoms with Crippen LogP contribution in [0.2, 0.25) is 0 Å². The summed E-state index contributed by atoms with van der Waals surface area (Å²) in [5.41, 5.74) is 6.67. The number of likely N-dealkylation sites (tertiary alicyclic amines) is 1. The van der Waals surface area contributed by atoms with Gasteiger partial charge in [-0.2, -0.15) is 0 Å². The number of nitrogens with zero attached hydrogens (tertiary/aromatic N) is 2. The zero-order valence-corrected chi connectivity index (χ0v) is 11.1. The number of carbonyl (C=O) groups is 1. The van der Waals surface area contributed by atoms with E-state index >= 15 is 0 Å². The van der Waals surface area contributed by atoms with Gasteiger partial charge in [0.2, 0.25) is 5.91 Å². The Labute approximate surface area is 107 Å². The summed E-state index contributed by atoms with van der Waals surface area (Å²) < 4.78 is 4.98. The van der Waals surface area contributed by atoms with E-state index in [0.29, 0.717) is 12.1 Å². The summed E-state index contributed by atoms with van der Waals surface area (Å²) in [6.07, 6.45) is 3.52. The van der Waals surface area contributed by atoms with Gasteiger partial charge < -0.3 is 15.2 Å². The van der Waals surface area contributed by atoms with Crippen LogP contribution in [0.15, 0.2) is 10.6 Å². The third kappa shape index (κ3) is 2.90. The van der Waals surface area contributed by atoms with E-state index in [9.17, 15) is 4.79 Å². The molecule has 1 saturated heterocycles. The molecule has 18 heavy (non-hydrogen) atoms. The first-order valence-electron chi connectivity index (χ1n) is 6.55. The predicted octanol–water partition coefficient (Wildman–Crippen LogP) is 1.25. The molecule has 2 N–H and O–H groups in total.